The van der Waals surface area contributed by atoms with Crippen LogP contribution < -0.4 is 0 Å². The fraction of sp³-hybridized carbons (Fsp3) is 0.0769. The van der Waals surface area contributed by atoms with Crippen LogP contribution in [0.25, 0.3) is 67.2 Å². The third-order valence-corrected chi connectivity index (χ3v) is 8.63. The minimum absolute atomic E-state index is 0.190. The molecule has 0 amide bonds. The van der Waals surface area contributed by atoms with Crippen molar-refractivity contribution in [3.05, 3.63) is 145 Å². The smallest absolute Gasteiger partial charge is 0.160 e. The summed E-state index contributed by atoms with van der Waals surface area (Å²) < 4.78 is 0. The molecule has 4 heteroatoms. The van der Waals surface area contributed by atoms with Crippen LogP contribution in [0.15, 0.2) is 134 Å². The van der Waals surface area contributed by atoms with Gasteiger partial charge in [0.15, 0.2) is 11.6 Å². The monoisotopic (exact) mass is 552 g/mol. The third kappa shape index (κ3) is 4.22. The van der Waals surface area contributed by atoms with E-state index < -0.39 is 0 Å². The molecule has 4 nitrogen and oxygen atoms in total. The first kappa shape index (κ1) is 25.2. The average molecular weight is 553 g/mol. The van der Waals surface area contributed by atoms with E-state index in [1.165, 1.54) is 33.4 Å². The molecule has 5 aromatic carbocycles. The van der Waals surface area contributed by atoms with Gasteiger partial charge in [-0.15, -0.1) is 0 Å². The molecule has 0 atom stereocenters. The van der Waals surface area contributed by atoms with Crippen LogP contribution >= 0.6 is 0 Å². The molecule has 2 aromatic heterocycles. The molecule has 2 heterocycles. The first-order chi connectivity index (χ1) is 21.1. The Labute approximate surface area is 250 Å². The van der Waals surface area contributed by atoms with Crippen molar-refractivity contribution in [3.63, 3.8) is 0 Å². The second kappa shape index (κ2) is 9.81. The van der Waals surface area contributed by atoms with E-state index in [0.29, 0.717) is 0 Å². The Morgan fingerprint density at radius 3 is 1.79 bits per heavy atom. The van der Waals surface area contributed by atoms with Crippen LogP contribution in [0.5, 0.6) is 0 Å². The molecule has 43 heavy (non-hydrogen) atoms. The van der Waals surface area contributed by atoms with Gasteiger partial charge in [0, 0.05) is 39.9 Å². The number of para-hydroxylation sites is 1. The van der Waals surface area contributed by atoms with E-state index >= 15 is 0 Å². The zero-order valence-electron chi connectivity index (χ0n) is 24.0. The van der Waals surface area contributed by atoms with E-state index in [4.69, 9.17) is 9.97 Å². The van der Waals surface area contributed by atoms with Crippen LogP contribution in [0.3, 0.4) is 0 Å². The fourth-order valence-corrected chi connectivity index (χ4v) is 6.34. The van der Waals surface area contributed by atoms with Crippen molar-refractivity contribution in [2.24, 2.45) is 0 Å². The lowest BCUT2D eigenvalue weighted by Gasteiger charge is -2.22. The van der Waals surface area contributed by atoms with E-state index in [9.17, 15) is 0 Å². The molecule has 0 aliphatic heterocycles. The maximum Gasteiger partial charge on any atom is 0.160 e. The molecular weight excluding hydrogens is 524 g/mol. The highest BCUT2D eigenvalue weighted by Crippen LogP contribution is 2.50. The molecule has 0 unspecified atom stereocenters. The number of fused-ring (bicyclic) bond motifs is 4. The molecule has 204 valence electrons. The third-order valence-electron chi connectivity index (χ3n) is 8.63. The van der Waals surface area contributed by atoms with Crippen molar-refractivity contribution < 1.29 is 0 Å². The van der Waals surface area contributed by atoms with E-state index in [-0.39, 0.29) is 5.41 Å². The van der Waals surface area contributed by atoms with Gasteiger partial charge in [-0.1, -0.05) is 111 Å². The minimum Gasteiger partial charge on any atom is -0.237 e. The number of nitrogens with zero attached hydrogens (tertiary/aromatic N) is 4. The summed E-state index contributed by atoms with van der Waals surface area (Å²) in [6.07, 6.45) is 3.58. The normalized spacial score (nSPS) is 13.1. The average Bonchev–Trinajstić information content (AvgIpc) is 3.30. The molecule has 7 aromatic rings. The van der Waals surface area contributed by atoms with Gasteiger partial charge < -0.3 is 0 Å². The lowest BCUT2D eigenvalue weighted by molar-refractivity contribution is 0.660. The van der Waals surface area contributed by atoms with Crippen molar-refractivity contribution in [1.82, 2.24) is 19.9 Å². The standard InChI is InChI=1S/C39H28N4/c1-39(2)33-23-28(17-19-30(33)31-20-18-29(24-34(31)39)37-40-21-8-22-41-37)36-32-11-6-7-12-35(32)42-38(43-36)27-15-13-26(14-16-27)25-9-4-3-5-10-25/h3-24H,1-2H3. The maximum atomic E-state index is 5.19. The number of aromatic nitrogens is 4. The van der Waals surface area contributed by atoms with Crippen molar-refractivity contribution in [2.75, 3.05) is 0 Å². The van der Waals surface area contributed by atoms with Crippen LogP contribution in [-0.4, -0.2) is 19.9 Å². The molecule has 1 aliphatic carbocycles. The van der Waals surface area contributed by atoms with Crippen molar-refractivity contribution in [2.45, 2.75) is 19.3 Å². The number of hydrogen-bond donors (Lipinski definition) is 0. The van der Waals surface area contributed by atoms with Crippen molar-refractivity contribution in [3.8, 4) is 56.3 Å². The molecule has 0 N–H and O–H groups in total. The summed E-state index contributed by atoms with van der Waals surface area (Å²) in [5.74, 6) is 1.47. The predicted octanol–water partition coefficient (Wildman–Crippen LogP) is 9.39. The van der Waals surface area contributed by atoms with Crippen molar-refractivity contribution >= 4 is 10.9 Å². The SMILES string of the molecule is CC1(C)c2cc(-c3ncccn3)ccc2-c2ccc(-c3nc(-c4ccc(-c5ccccc5)cc4)nc4ccccc34)cc21. The first-order valence-corrected chi connectivity index (χ1v) is 14.6. The highest BCUT2D eigenvalue weighted by molar-refractivity contribution is 5.95. The van der Waals surface area contributed by atoms with Crippen LogP contribution in [-0.2, 0) is 5.41 Å². The van der Waals surface area contributed by atoms with Crippen molar-refractivity contribution in [1.29, 1.82) is 0 Å². The van der Waals surface area contributed by atoms with Gasteiger partial charge in [-0.3, -0.25) is 0 Å². The highest BCUT2D eigenvalue weighted by Gasteiger charge is 2.36. The Morgan fingerprint density at radius 1 is 0.465 bits per heavy atom. The summed E-state index contributed by atoms with van der Waals surface area (Å²) in [5.41, 5.74) is 12.3. The Bertz CT molecular complexity index is 2130. The van der Waals surface area contributed by atoms with Gasteiger partial charge in [0.25, 0.3) is 0 Å². The number of hydrogen-bond acceptors (Lipinski definition) is 4. The summed E-state index contributed by atoms with van der Waals surface area (Å²) in [5, 5.41) is 1.05. The van der Waals surface area contributed by atoms with Gasteiger partial charge in [-0.2, -0.15) is 0 Å². The second-order valence-corrected chi connectivity index (χ2v) is 11.6. The fourth-order valence-electron chi connectivity index (χ4n) is 6.34. The van der Waals surface area contributed by atoms with Gasteiger partial charge in [0.05, 0.1) is 11.2 Å². The van der Waals surface area contributed by atoms with E-state index in [1.807, 2.05) is 18.2 Å². The van der Waals surface area contributed by atoms with Crippen LogP contribution in [0.4, 0.5) is 0 Å². The van der Waals surface area contributed by atoms with Gasteiger partial charge in [-0.25, -0.2) is 19.9 Å². The zero-order valence-corrected chi connectivity index (χ0v) is 24.0. The molecule has 1 aliphatic rings. The Hall–Kier alpha value is -5.48. The second-order valence-electron chi connectivity index (χ2n) is 11.6. The topological polar surface area (TPSA) is 51.6 Å². The quantitative estimate of drug-likeness (QED) is 0.218. The zero-order chi connectivity index (χ0) is 29.0. The minimum atomic E-state index is -0.190. The Kier molecular flexibility index (Phi) is 5.76. The van der Waals surface area contributed by atoms with Gasteiger partial charge in [-0.05, 0) is 57.6 Å². The van der Waals surface area contributed by atoms with Gasteiger partial charge in [0.1, 0.15) is 0 Å². The summed E-state index contributed by atoms with van der Waals surface area (Å²) in [6, 6.07) is 42.5. The van der Waals surface area contributed by atoms with Crippen LogP contribution in [0.2, 0.25) is 0 Å². The highest BCUT2D eigenvalue weighted by atomic mass is 14.9. The number of benzene rings is 5. The Balaban J connectivity index is 1.23. The number of rotatable bonds is 4. The summed E-state index contributed by atoms with van der Waals surface area (Å²) in [6.45, 7) is 4.60. The van der Waals surface area contributed by atoms with Crippen LogP contribution in [0, 0.1) is 0 Å². The molecular formula is C39H28N4. The van der Waals surface area contributed by atoms with Crippen LogP contribution in [0.1, 0.15) is 25.0 Å². The predicted molar refractivity (Wildman–Crippen MR) is 174 cm³/mol. The van der Waals surface area contributed by atoms with E-state index in [0.717, 1.165) is 44.9 Å². The lowest BCUT2D eigenvalue weighted by Crippen LogP contribution is -2.15. The molecule has 0 fully saturated rings. The summed E-state index contributed by atoms with van der Waals surface area (Å²) in [7, 11) is 0. The maximum absolute atomic E-state index is 5.19. The first-order valence-electron chi connectivity index (χ1n) is 14.6. The largest absolute Gasteiger partial charge is 0.237 e. The lowest BCUT2D eigenvalue weighted by atomic mass is 9.81. The molecule has 0 saturated heterocycles. The van der Waals surface area contributed by atoms with Gasteiger partial charge >= 0.3 is 0 Å². The van der Waals surface area contributed by atoms with E-state index in [1.54, 1.807) is 12.4 Å². The van der Waals surface area contributed by atoms with Gasteiger partial charge in [0.2, 0.25) is 0 Å². The molecule has 0 radical (unpaired) electrons. The molecule has 0 saturated carbocycles. The molecule has 8 rings (SSSR count). The van der Waals surface area contributed by atoms with E-state index in [2.05, 4.69) is 127 Å². The Morgan fingerprint density at radius 2 is 1.05 bits per heavy atom. The summed E-state index contributed by atoms with van der Waals surface area (Å²) >= 11 is 0. The summed E-state index contributed by atoms with van der Waals surface area (Å²) in [4.78, 5) is 19.1. The molecule has 0 bridgehead atoms. The molecule has 0 spiro atoms.